The van der Waals surface area contributed by atoms with Crippen molar-refractivity contribution in [3.63, 3.8) is 0 Å². The Morgan fingerprint density at radius 1 is 0.966 bits per heavy atom. The molecule has 4 rings (SSSR count). The fourth-order valence-electron chi connectivity index (χ4n) is 4.50. The second-order valence-corrected chi connectivity index (χ2v) is 8.25. The van der Waals surface area contributed by atoms with Crippen molar-refractivity contribution >= 4 is 11.6 Å². The zero-order chi connectivity index (χ0) is 20.1. The summed E-state index contributed by atoms with van der Waals surface area (Å²) in [6, 6.07) is 18.6. The highest BCUT2D eigenvalue weighted by Gasteiger charge is 2.36. The van der Waals surface area contributed by atoms with Gasteiger partial charge in [0.15, 0.2) is 0 Å². The maximum atomic E-state index is 13.2. The Hall–Kier alpha value is -2.37. The molecule has 0 saturated carbocycles. The lowest BCUT2D eigenvalue weighted by atomic mass is 9.72. The summed E-state index contributed by atoms with van der Waals surface area (Å²) in [6.07, 6.45) is 2.11. The van der Waals surface area contributed by atoms with Gasteiger partial charge in [-0.2, -0.15) is 0 Å². The molecule has 2 saturated heterocycles. The van der Waals surface area contributed by atoms with E-state index in [0.29, 0.717) is 19.8 Å². The number of hydrogen-bond donors (Lipinski definition) is 1. The highest BCUT2D eigenvalue weighted by molar-refractivity contribution is 5.99. The monoisotopic (exact) mass is 393 g/mol. The maximum absolute atomic E-state index is 13.2. The van der Waals surface area contributed by atoms with Crippen LogP contribution in [0.2, 0.25) is 0 Å². The van der Waals surface area contributed by atoms with Crippen LogP contribution in [-0.2, 0) is 10.2 Å². The first-order valence-electron chi connectivity index (χ1n) is 10.6. The minimum atomic E-state index is -0.00264. The molecule has 0 unspecified atom stereocenters. The molecule has 0 aromatic heterocycles. The van der Waals surface area contributed by atoms with Gasteiger partial charge in [-0.1, -0.05) is 42.5 Å². The number of piperidine rings is 1. The number of carbonyl (C=O) groups excluding carboxylic acids is 1. The molecule has 0 aliphatic carbocycles. The normalized spacial score (nSPS) is 19.7. The van der Waals surface area contributed by atoms with Crippen molar-refractivity contribution in [3.8, 4) is 0 Å². The van der Waals surface area contributed by atoms with Crippen LogP contribution in [0.4, 0.5) is 5.69 Å². The van der Waals surface area contributed by atoms with Crippen molar-refractivity contribution in [1.29, 1.82) is 0 Å². The van der Waals surface area contributed by atoms with Crippen molar-refractivity contribution in [3.05, 3.63) is 65.7 Å². The predicted octanol–water partition coefficient (Wildman–Crippen LogP) is 2.92. The molecule has 5 nitrogen and oxygen atoms in total. The number of nitrogens with zero attached hydrogens (tertiary/aromatic N) is 2. The number of nitrogens with one attached hydrogen (secondary N) is 1. The summed E-state index contributed by atoms with van der Waals surface area (Å²) in [5.41, 5.74) is 3.09. The average Bonchev–Trinajstić information content (AvgIpc) is 2.80. The Morgan fingerprint density at radius 3 is 2.34 bits per heavy atom. The molecule has 2 aliphatic rings. The van der Waals surface area contributed by atoms with Crippen LogP contribution in [0, 0.1) is 0 Å². The summed E-state index contributed by atoms with van der Waals surface area (Å²) in [5.74, 6) is 0.0151. The lowest BCUT2D eigenvalue weighted by Crippen LogP contribution is -2.48. The highest BCUT2D eigenvalue weighted by Crippen LogP contribution is 2.35. The Morgan fingerprint density at radius 2 is 1.62 bits per heavy atom. The second-order valence-electron chi connectivity index (χ2n) is 8.25. The van der Waals surface area contributed by atoms with Crippen LogP contribution in [0.5, 0.6) is 0 Å². The van der Waals surface area contributed by atoms with E-state index in [9.17, 15) is 4.79 Å². The molecule has 0 bridgehead atoms. The number of carbonyl (C=O) groups is 1. The van der Waals surface area contributed by atoms with Crippen LogP contribution in [0.25, 0.3) is 0 Å². The number of anilines is 1. The molecular weight excluding hydrogens is 362 g/mol. The number of ether oxygens (including phenoxy) is 1. The van der Waals surface area contributed by atoms with Crippen LogP contribution < -0.4 is 10.2 Å². The highest BCUT2D eigenvalue weighted by atomic mass is 16.5. The molecule has 154 valence electrons. The minimum absolute atomic E-state index is 0.00264. The number of morpholine rings is 1. The van der Waals surface area contributed by atoms with Gasteiger partial charge < -0.3 is 19.9 Å². The topological polar surface area (TPSA) is 44.8 Å². The predicted molar refractivity (Wildman–Crippen MR) is 117 cm³/mol. The molecule has 0 spiro atoms. The summed E-state index contributed by atoms with van der Waals surface area (Å²) in [4.78, 5) is 17.8. The lowest BCUT2D eigenvalue weighted by molar-refractivity contribution is 0.0926. The Labute approximate surface area is 173 Å². The van der Waals surface area contributed by atoms with Gasteiger partial charge >= 0.3 is 0 Å². The maximum Gasteiger partial charge on any atom is 0.253 e. The Balaban J connectivity index is 1.52. The fraction of sp³-hybridized carbons (Fsp3) is 0.458. The van der Waals surface area contributed by atoms with Gasteiger partial charge in [-0.15, -0.1) is 0 Å². The molecule has 0 atom stereocenters. The molecular formula is C24H31N3O2. The standard InChI is InChI=1S/C24H31N3O2/c1-26-13-11-24(12-14-26,20-7-3-2-4-8-20)19-25-23(28)21-9-5-6-10-22(21)27-15-17-29-18-16-27/h2-10H,11-19H2,1H3,(H,25,28). The quantitative estimate of drug-likeness (QED) is 0.848. The van der Waals surface area contributed by atoms with Gasteiger partial charge in [0, 0.05) is 30.7 Å². The van der Waals surface area contributed by atoms with E-state index in [4.69, 9.17) is 4.74 Å². The van der Waals surface area contributed by atoms with Gasteiger partial charge in [-0.3, -0.25) is 4.79 Å². The summed E-state index contributed by atoms with van der Waals surface area (Å²) >= 11 is 0. The zero-order valence-corrected chi connectivity index (χ0v) is 17.3. The van der Waals surface area contributed by atoms with Crippen LogP contribution in [0.1, 0.15) is 28.8 Å². The SMILES string of the molecule is CN1CCC(CNC(=O)c2ccccc2N2CCOCC2)(c2ccccc2)CC1. The van der Waals surface area contributed by atoms with E-state index in [-0.39, 0.29) is 11.3 Å². The summed E-state index contributed by atoms with van der Waals surface area (Å²) < 4.78 is 5.47. The molecule has 1 N–H and O–H groups in total. The first-order valence-corrected chi connectivity index (χ1v) is 10.6. The number of hydrogen-bond acceptors (Lipinski definition) is 4. The van der Waals surface area contributed by atoms with Gasteiger partial charge in [-0.25, -0.2) is 0 Å². The van der Waals surface area contributed by atoms with Gasteiger partial charge in [0.1, 0.15) is 0 Å². The number of benzene rings is 2. The molecule has 2 aliphatic heterocycles. The molecule has 5 heteroatoms. The third kappa shape index (κ3) is 4.46. The summed E-state index contributed by atoms with van der Waals surface area (Å²) in [7, 11) is 2.17. The van der Waals surface area contributed by atoms with Crippen LogP contribution in [0.3, 0.4) is 0 Å². The molecule has 29 heavy (non-hydrogen) atoms. The van der Waals surface area contributed by atoms with E-state index >= 15 is 0 Å². The van der Waals surface area contributed by atoms with Crippen molar-refractivity contribution in [2.45, 2.75) is 18.3 Å². The molecule has 1 amide bonds. The van der Waals surface area contributed by atoms with Gasteiger partial charge in [0.05, 0.1) is 18.8 Å². The van der Waals surface area contributed by atoms with Gasteiger partial charge in [0.2, 0.25) is 0 Å². The first kappa shape index (κ1) is 19.9. The third-order valence-electron chi connectivity index (χ3n) is 6.42. The molecule has 2 aromatic carbocycles. The van der Waals surface area contributed by atoms with E-state index < -0.39 is 0 Å². The first-order chi connectivity index (χ1) is 14.2. The second kappa shape index (κ2) is 8.97. The zero-order valence-electron chi connectivity index (χ0n) is 17.3. The van der Waals surface area contributed by atoms with E-state index in [0.717, 1.165) is 50.3 Å². The Kier molecular flexibility index (Phi) is 6.16. The van der Waals surface area contributed by atoms with Crippen molar-refractivity contribution in [1.82, 2.24) is 10.2 Å². The summed E-state index contributed by atoms with van der Waals surface area (Å²) in [5, 5.41) is 3.29. The molecule has 2 heterocycles. The number of rotatable bonds is 5. The van der Waals surface area contributed by atoms with E-state index in [2.05, 4.69) is 52.5 Å². The third-order valence-corrected chi connectivity index (χ3v) is 6.42. The smallest absolute Gasteiger partial charge is 0.253 e. The lowest BCUT2D eigenvalue weighted by Gasteiger charge is -2.41. The number of amides is 1. The fourth-order valence-corrected chi connectivity index (χ4v) is 4.50. The number of para-hydroxylation sites is 1. The number of likely N-dealkylation sites (tertiary alicyclic amines) is 1. The van der Waals surface area contributed by atoms with Crippen molar-refractivity contribution < 1.29 is 9.53 Å². The summed E-state index contributed by atoms with van der Waals surface area (Å²) in [6.45, 7) is 5.84. The van der Waals surface area contributed by atoms with E-state index in [1.54, 1.807) is 0 Å². The van der Waals surface area contributed by atoms with E-state index in [1.807, 2.05) is 24.3 Å². The van der Waals surface area contributed by atoms with Gasteiger partial charge in [0.25, 0.3) is 5.91 Å². The largest absolute Gasteiger partial charge is 0.378 e. The average molecular weight is 394 g/mol. The van der Waals surface area contributed by atoms with Crippen molar-refractivity contribution in [2.24, 2.45) is 0 Å². The molecule has 2 aromatic rings. The van der Waals surface area contributed by atoms with Crippen LogP contribution in [0.15, 0.2) is 54.6 Å². The minimum Gasteiger partial charge on any atom is -0.378 e. The van der Waals surface area contributed by atoms with Gasteiger partial charge in [-0.05, 0) is 50.7 Å². The van der Waals surface area contributed by atoms with E-state index in [1.165, 1.54) is 5.56 Å². The van der Waals surface area contributed by atoms with Crippen LogP contribution >= 0.6 is 0 Å². The van der Waals surface area contributed by atoms with Crippen molar-refractivity contribution in [2.75, 3.05) is 57.9 Å². The molecule has 0 radical (unpaired) electrons. The Bertz CT molecular complexity index is 810. The van der Waals surface area contributed by atoms with Crippen LogP contribution in [-0.4, -0.2) is 63.8 Å². The molecule has 2 fully saturated rings.